The molecule has 1 fully saturated rings. The van der Waals surface area contributed by atoms with Crippen LogP contribution in [0.4, 0.5) is 22.0 Å². The van der Waals surface area contributed by atoms with Crippen LogP contribution >= 0.6 is 23.2 Å². The molecule has 39 heavy (non-hydrogen) atoms. The summed E-state index contributed by atoms with van der Waals surface area (Å²) < 4.78 is 7.09. The standard InChI is InChI=1S/C27H22Cl2N6O4/c1-31-21-4-2-3-20(29)25(21)39-23-11-15(5-7-19(23)28)16-12-24(37)34(14-16)17-6-8-22-18(13-17)26(30)33-35(22)27(38)32-9-10-36/h2-8,11,13,16,36H,9-10,12,14H2,(H2,30,33)(H,32,38)/t16-/m0/s1. The average molecular weight is 565 g/mol. The van der Waals surface area contributed by atoms with E-state index in [1.165, 1.54) is 0 Å². The van der Waals surface area contributed by atoms with E-state index in [0.29, 0.717) is 33.9 Å². The Morgan fingerprint density at radius 3 is 2.79 bits per heavy atom. The molecule has 2 amide bonds. The number of halogens is 2. The summed E-state index contributed by atoms with van der Waals surface area (Å²) in [7, 11) is 0. The molecule has 0 unspecified atom stereocenters. The van der Waals surface area contributed by atoms with Crippen LogP contribution in [0.3, 0.4) is 0 Å². The molecule has 1 aliphatic heterocycles. The molecule has 12 heteroatoms. The van der Waals surface area contributed by atoms with Crippen LogP contribution in [0.15, 0.2) is 54.6 Å². The predicted octanol–water partition coefficient (Wildman–Crippen LogP) is 5.34. The lowest BCUT2D eigenvalue weighted by atomic mass is 9.98. The molecule has 1 aliphatic rings. The molecule has 2 heterocycles. The first-order chi connectivity index (χ1) is 18.8. The SMILES string of the molecule is [C-]#[N+]c1cccc(Cl)c1Oc1cc([C@H]2CC(=O)N(c3ccc4c(c3)c(N)nn4C(=O)NCCO)C2)ccc1Cl. The monoisotopic (exact) mass is 564 g/mol. The topological polar surface area (TPSA) is 127 Å². The van der Waals surface area contributed by atoms with Crippen LogP contribution in [-0.2, 0) is 4.79 Å². The Labute approximate surface area is 233 Å². The summed E-state index contributed by atoms with van der Waals surface area (Å²) in [5.41, 5.74) is 8.28. The number of carbonyl (C=O) groups excluding carboxylic acids is 2. The number of nitrogens with one attached hydrogen (secondary N) is 1. The maximum absolute atomic E-state index is 13.1. The van der Waals surface area contributed by atoms with Crippen molar-refractivity contribution < 1.29 is 19.4 Å². The Kier molecular flexibility index (Phi) is 7.30. The number of carbonyl (C=O) groups is 2. The molecule has 1 atom stereocenters. The minimum Gasteiger partial charge on any atom is -0.465 e. The molecule has 0 radical (unpaired) electrons. The summed E-state index contributed by atoms with van der Waals surface area (Å²) in [6.07, 6.45) is 0.261. The van der Waals surface area contributed by atoms with Gasteiger partial charge < -0.3 is 25.8 Å². The van der Waals surface area contributed by atoms with Gasteiger partial charge >= 0.3 is 6.03 Å². The zero-order valence-corrected chi connectivity index (χ0v) is 21.9. The second-order valence-electron chi connectivity index (χ2n) is 8.85. The number of hydrogen-bond donors (Lipinski definition) is 3. The molecule has 198 valence electrons. The van der Waals surface area contributed by atoms with Crippen molar-refractivity contribution in [1.82, 2.24) is 15.1 Å². The number of benzene rings is 3. The van der Waals surface area contributed by atoms with Crippen LogP contribution in [0.25, 0.3) is 15.7 Å². The van der Waals surface area contributed by atoms with Gasteiger partial charge in [-0.3, -0.25) is 4.79 Å². The van der Waals surface area contributed by atoms with Gasteiger partial charge in [-0.05, 0) is 42.0 Å². The summed E-state index contributed by atoms with van der Waals surface area (Å²) in [6, 6.07) is 14.8. The van der Waals surface area contributed by atoms with E-state index in [2.05, 4.69) is 15.3 Å². The fraction of sp³-hybridized carbons (Fsp3) is 0.185. The predicted molar refractivity (Wildman–Crippen MR) is 149 cm³/mol. The van der Waals surface area contributed by atoms with Crippen molar-refractivity contribution in [1.29, 1.82) is 0 Å². The molecule has 0 spiro atoms. The van der Waals surface area contributed by atoms with E-state index in [9.17, 15) is 9.59 Å². The number of ether oxygens (including phenoxy) is 1. The van der Waals surface area contributed by atoms with E-state index in [1.807, 2.05) is 6.07 Å². The Morgan fingerprint density at radius 1 is 1.21 bits per heavy atom. The Hall–Kier alpha value is -4.30. The van der Waals surface area contributed by atoms with E-state index in [4.69, 9.17) is 45.4 Å². The zero-order chi connectivity index (χ0) is 27.7. The number of aromatic nitrogens is 2. The lowest BCUT2D eigenvalue weighted by Crippen LogP contribution is -2.31. The molecule has 1 saturated heterocycles. The summed E-state index contributed by atoms with van der Waals surface area (Å²) >= 11 is 12.7. The van der Waals surface area contributed by atoms with Crippen LogP contribution < -0.4 is 20.7 Å². The normalized spacial score (nSPS) is 15.0. The van der Waals surface area contributed by atoms with Crippen LogP contribution in [0.5, 0.6) is 11.5 Å². The Balaban J connectivity index is 1.40. The van der Waals surface area contributed by atoms with E-state index in [0.717, 1.165) is 10.2 Å². The van der Waals surface area contributed by atoms with Crippen LogP contribution in [-0.4, -0.2) is 46.5 Å². The highest BCUT2D eigenvalue weighted by Gasteiger charge is 2.32. The van der Waals surface area contributed by atoms with Crippen LogP contribution in [0.2, 0.25) is 10.0 Å². The number of nitrogens with two attached hydrogens (primary N) is 1. The third-order valence-electron chi connectivity index (χ3n) is 6.41. The number of para-hydroxylation sites is 1. The largest absolute Gasteiger partial charge is 0.465 e. The third-order valence-corrected chi connectivity index (χ3v) is 7.02. The minimum atomic E-state index is -0.517. The van der Waals surface area contributed by atoms with Gasteiger partial charge in [-0.2, -0.15) is 4.68 Å². The zero-order valence-electron chi connectivity index (χ0n) is 20.4. The fourth-order valence-corrected chi connectivity index (χ4v) is 4.88. The number of fused-ring (bicyclic) bond motifs is 1. The highest BCUT2D eigenvalue weighted by Crippen LogP contribution is 2.42. The van der Waals surface area contributed by atoms with Crippen molar-refractivity contribution >= 4 is 63.2 Å². The number of aliphatic hydroxyl groups is 1. The van der Waals surface area contributed by atoms with Crippen LogP contribution in [0, 0.1) is 6.57 Å². The van der Waals surface area contributed by atoms with Crippen molar-refractivity contribution in [2.45, 2.75) is 12.3 Å². The second kappa shape index (κ2) is 10.8. The molecule has 5 rings (SSSR count). The molecule has 0 bridgehead atoms. The van der Waals surface area contributed by atoms with Crippen molar-refractivity contribution in [3.05, 3.63) is 81.6 Å². The van der Waals surface area contributed by atoms with Crippen molar-refractivity contribution in [3.63, 3.8) is 0 Å². The third kappa shape index (κ3) is 5.07. The van der Waals surface area contributed by atoms with Crippen molar-refractivity contribution in [2.24, 2.45) is 0 Å². The lowest BCUT2D eigenvalue weighted by Gasteiger charge is -2.18. The number of amides is 2. The van der Waals surface area contributed by atoms with Gasteiger partial charge in [0.05, 0.1) is 28.7 Å². The smallest absolute Gasteiger partial charge is 0.342 e. The van der Waals surface area contributed by atoms with E-state index in [1.54, 1.807) is 53.4 Å². The Bertz CT molecular complexity index is 1650. The summed E-state index contributed by atoms with van der Waals surface area (Å²) in [5, 5.41) is 16.8. The van der Waals surface area contributed by atoms with Gasteiger partial charge in [-0.1, -0.05) is 41.4 Å². The van der Waals surface area contributed by atoms with Gasteiger partial charge in [-0.15, -0.1) is 5.10 Å². The van der Waals surface area contributed by atoms with Gasteiger partial charge in [0, 0.05) is 36.5 Å². The van der Waals surface area contributed by atoms with Gasteiger partial charge in [0.2, 0.25) is 11.6 Å². The van der Waals surface area contributed by atoms with E-state index >= 15 is 0 Å². The first kappa shape index (κ1) is 26.3. The lowest BCUT2D eigenvalue weighted by molar-refractivity contribution is -0.117. The van der Waals surface area contributed by atoms with Crippen molar-refractivity contribution in [2.75, 3.05) is 30.3 Å². The molecule has 4 aromatic rings. The van der Waals surface area contributed by atoms with Gasteiger partial charge in [-0.25, -0.2) is 9.64 Å². The molecular formula is C27H22Cl2N6O4. The minimum absolute atomic E-state index is 0.0789. The summed E-state index contributed by atoms with van der Waals surface area (Å²) in [6.45, 7) is 7.66. The molecule has 4 N–H and O–H groups in total. The molecule has 10 nitrogen and oxygen atoms in total. The molecule has 0 aliphatic carbocycles. The molecule has 1 aromatic heterocycles. The number of nitrogens with zero attached hydrogens (tertiary/aromatic N) is 4. The highest BCUT2D eigenvalue weighted by atomic mass is 35.5. The van der Waals surface area contributed by atoms with E-state index in [-0.39, 0.29) is 53.7 Å². The first-order valence-electron chi connectivity index (χ1n) is 11.9. The van der Waals surface area contributed by atoms with Crippen LogP contribution in [0.1, 0.15) is 17.9 Å². The van der Waals surface area contributed by atoms with Gasteiger partial charge in [0.15, 0.2) is 11.6 Å². The maximum atomic E-state index is 13.1. The van der Waals surface area contributed by atoms with E-state index < -0.39 is 6.03 Å². The molecular weight excluding hydrogens is 543 g/mol. The first-order valence-corrected chi connectivity index (χ1v) is 12.7. The maximum Gasteiger partial charge on any atom is 0.342 e. The van der Waals surface area contributed by atoms with Crippen molar-refractivity contribution in [3.8, 4) is 11.5 Å². The fourth-order valence-electron chi connectivity index (χ4n) is 4.52. The summed E-state index contributed by atoms with van der Waals surface area (Å²) in [5.74, 6) is 0.466. The average Bonchev–Trinajstić information content (AvgIpc) is 3.49. The number of hydrogen-bond acceptors (Lipinski definition) is 6. The van der Waals surface area contributed by atoms with Gasteiger partial charge in [0.1, 0.15) is 5.75 Å². The number of anilines is 2. The number of aliphatic hydroxyl groups excluding tert-OH is 1. The number of nitrogen functional groups attached to an aromatic ring is 1. The Morgan fingerprint density at radius 2 is 2.03 bits per heavy atom. The quantitative estimate of drug-likeness (QED) is 0.271. The van der Waals surface area contributed by atoms with Gasteiger partial charge in [0.25, 0.3) is 0 Å². The number of rotatable bonds is 6. The second-order valence-corrected chi connectivity index (χ2v) is 9.67. The molecule has 3 aromatic carbocycles. The summed E-state index contributed by atoms with van der Waals surface area (Å²) in [4.78, 5) is 30.5. The molecule has 0 saturated carbocycles. The highest BCUT2D eigenvalue weighted by molar-refractivity contribution is 6.33.